The highest BCUT2D eigenvalue weighted by Gasteiger charge is 2.07. The van der Waals surface area contributed by atoms with E-state index in [0.29, 0.717) is 0 Å². The lowest BCUT2D eigenvalue weighted by atomic mass is 10.3. The molecule has 0 aliphatic heterocycles. The van der Waals surface area contributed by atoms with Crippen molar-refractivity contribution < 1.29 is 4.42 Å². The summed E-state index contributed by atoms with van der Waals surface area (Å²) in [6.07, 6.45) is 3.79. The number of oxazole rings is 1. The number of rotatable bonds is 6. The Morgan fingerprint density at radius 3 is 3.00 bits per heavy atom. The lowest BCUT2D eigenvalue weighted by Crippen LogP contribution is -2.14. The quantitative estimate of drug-likeness (QED) is 0.800. The lowest BCUT2D eigenvalue weighted by molar-refractivity contribution is 0.494. The number of nitrogens with zero attached hydrogens (tertiary/aromatic N) is 1. The molecule has 2 rings (SSSR count). The van der Waals surface area contributed by atoms with Crippen LogP contribution >= 0.6 is 11.3 Å². The van der Waals surface area contributed by atoms with Crippen molar-refractivity contribution in [3.63, 3.8) is 0 Å². The van der Waals surface area contributed by atoms with E-state index in [1.54, 1.807) is 11.3 Å². The van der Waals surface area contributed by atoms with Crippen molar-refractivity contribution in [2.24, 2.45) is 0 Å². The van der Waals surface area contributed by atoms with E-state index < -0.39 is 0 Å². The van der Waals surface area contributed by atoms with Crippen molar-refractivity contribution in [2.45, 2.75) is 26.7 Å². The summed E-state index contributed by atoms with van der Waals surface area (Å²) in [5.41, 5.74) is 0. The van der Waals surface area contributed by atoms with Gasteiger partial charge in [-0.05, 0) is 38.6 Å². The Bertz CT molecular complexity index is 461. The number of hydrogen-bond acceptors (Lipinski definition) is 4. The average Bonchev–Trinajstić information content (AvgIpc) is 2.93. The Morgan fingerprint density at radius 1 is 1.41 bits per heavy atom. The molecule has 0 saturated carbocycles. The summed E-state index contributed by atoms with van der Waals surface area (Å²) in [6, 6.07) is 4.19. The molecular formula is C13H18N2OS. The van der Waals surface area contributed by atoms with Gasteiger partial charge in [0.1, 0.15) is 0 Å². The van der Waals surface area contributed by atoms with E-state index in [1.807, 2.05) is 6.20 Å². The molecule has 92 valence electrons. The van der Waals surface area contributed by atoms with Crippen molar-refractivity contribution >= 4 is 11.3 Å². The molecule has 0 saturated heterocycles. The summed E-state index contributed by atoms with van der Waals surface area (Å²) in [7, 11) is 0. The zero-order valence-electron chi connectivity index (χ0n) is 10.3. The lowest BCUT2D eigenvalue weighted by Gasteiger charge is -1.98. The van der Waals surface area contributed by atoms with E-state index in [2.05, 4.69) is 36.3 Å². The molecule has 0 amide bonds. The monoisotopic (exact) mass is 250 g/mol. The van der Waals surface area contributed by atoms with Gasteiger partial charge in [-0.1, -0.05) is 6.92 Å². The normalized spacial score (nSPS) is 10.9. The molecule has 0 bridgehead atoms. The van der Waals surface area contributed by atoms with Gasteiger partial charge < -0.3 is 9.73 Å². The van der Waals surface area contributed by atoms with Crippen LogP contribution in [0.2, 0.25) is 0 Å². The smallest absolute Gasteiger partial charge is 0.194 e. The average molecular weight is 250 g/mol. The third kappa shape index (κ3) is 3.41. The molecule has 0 aromatic carbocycles. The van der Waals surface area contributed by atoms with Gasteiger partial charge in [0.05, 0.1) is 11.1 Å². The molecule has 0 radical (unpaired) electrons. The highest BCUT2D eigenvalue weighted by molar-refractivity contribution is 7.15. The van der Waals surface area contributed by atoms with Gasteiger partial charge >= 0.3 is 0 Å². The van der Waals surface area contributed by atoms with Crippen LogP contribution in [0, 0.1) is 6.92 Å². The third-order valence-electron chi connectivity index (χ3n) is 2.53. The first-order chi connectivity index (χ1) is 8.29. The standard InChI is InChI=1S/C13H18N2OS/c1-3-14-8-4-5-13-15-9-11(16-13)12-7-6-10(2)17-12/h6-7,9,14H,3-5,8H2,1-2H3. The highest BCUT2D eigenvalue weighted by Crippen LogP contribution is 2.28. The third-order valence-corrected chi connectivity index (χ3v) is 3.55. The first-order valence-electron chi connectivity index (χ1n) is 6.02. The fraction of sp³-hybridized carbons (Fsp3) is 0.462. The molecule has 2 aromatic heterocycles. The van der Waals surface area contributed by atoms with Crippen LogP contribution < -0.4 is 5.32 Å². The number of hydrogen-bond donors (Lipinski definition) is 1. The maximum absolute atomic E-state index is 5.73. The predicted molar refractivity (Wildman–Crippen MR) is 71.4 cm³/mol. The van der Waals surface area contributed by atoms with Crippen LogP contribution in [0.4, 0.5) is 0 Å². The van der Waals surface area contributed by atoms with Gasteiger partial charge in [0.2, 0.25) is 0 Å². The van der Waals surface area contributed by atoms with Gasteiger partial charge in [-0.25, -0.2) is 4.98 Å². The van der Waals surface area contributed by atoms with Crippen LogP contribution in [0.25, 0.3) is 10.6 Å². The van der Waals surface area contributed by atoms with Gasteiger partial charge in [0.25, 0.3) is 0 Å². The minimum atomic E-state index is 0.837. The van der Waals surface area contributed by atoms with Crippen LogP contribution in [0.15, 0.2) is 22.7 Å². The molecule has 3 nitrogen and oxygen atoms in total. The number of aromatic nitrogens is 1. The molecule has 2 aromatic rings. The van der Waals surface area contributed by atoms with E-state index >= 15 is 0 Å². The second-order valence-electron chi connectivity index (χ2n) is 3.99. The molecule has 2 heterocycles. The predicted octanol–water partition coefficient (Wildman–Crippen LogP) is 3.25. The molecule has 0 aliphatic rings. The number of aryl methyl sites for hydroxylation is 2. The fourth-order valence-electron chi connectivity index (χ4n) is 1.65. The zero-order valence-corrected chi connectivity index (χ0v) is 11.1. The Kier molecular flexibility index (Phi) is 4.34. The van der Waals surface area contributed by atoms with E-state index in [4.69, 9.17) is 4.42 Å². The van der Waals surface area contributed by atoms with Gasteiger partial charge in [-0.2, -0.15) is 0 Å². The van der Waals surface area contributed by atoms with Crippen LogP contribution in [0.5, 0.6) is 0 Å². The maximum atomic E-state index is 5.73. The molecule has 1 N–H and O–H groups in total. The summed E-state index contributed by atoms with van der Waals surface area (Å²) in [6.45, 7) is 6.25. The molecular weight excluding hydrogens is 232 g/mol. The van der Waals surface area contributed by atoms with Crippen LogP contribution in [0.1, 0.15) is 24.1 Å². The topological polar surface area (TPSA) is 38.1 Å². The number of nitrogens with one attached hydrogen (secondary N) is 1. The summed E-state index contributed by atoms with van der Waals surface area (Å²) in [4.78, 5) is 6.77. The molecule has 0 fully saturated rings. The van der Waals surface area contributed by atoms with E-state index in [1.165, 1.54) is 4.88 Å². The highest BCUT2D eigenvalue weighted by atomic mass is 32.1. The van der Waals surface area contributed by atoms with E-state index in [9.17, 15) is 0 Å². The second kappa shape index (κ2) is 5.98. The van der Waals surface area contributed by atoms with Gasteiger partial charge in [-0.3, -0.25) is 0 Å². The van der Waals surface area contributed by atoms with Crippen molar-refractivity contribution in [3.8, 4) is 10.6 Å². The summed E-state index contributed by atoms with van der Waals surface area (Å²) in [5, 5.41) is 3.29. The summed E-state index contributed by atoms with van der Waals surface area (Å²) in [5.74, 6) is 1.73. The van der Waals surface area contributed by atoms with Gasteiger partial charge in [-0.15, -0.1) is 11.3 Å². The molecule has 0 aliphatic carbocycles. The summed E-state index contributed by atoms with van der Waals surface area (Å²) >= 11 is 1.74. The van der Waals surface area contributed by atoms with Gasteiger partial charge in [0, 0.05) is 11.3 Å². The summed E-state index contributed by atoms with van der Waals surface area (Å²) < 4.78 is 5.73. The fourth-order valence-corrected chi connectivity index (χ4v) is 2.46. The number of thiophene rings is 1. The zero-order chi connectivity index (χ0) is 12.1. The van der Waals surface area contributed by atoms with Crippen molar-refractivity contribution in [3.05, 3.63) is 29.1 Å². The van der Waals surface area contributed by atoms with Crippen molar-refractivity contribution in [1.29, 1.82) is 0 Å². The Labute approximate surface area is 106 Å². The maximum Gasteiger partial charge on any atom is 0.194 e. The van der Waals surface area contributed by atoms with Crippen molar-refractivity contribution in [1.82, 2.24) is 10.3 Å². The van der Waals surface area contributed by atoms with Crippen LogP contribution in [-0.4, -0.2) is 18.1 Å². The molecule has 4 heteroatoms. The Balaban J connectivity index is 1.92. The van der Waals surface area contributed by atoms with Crippen LogP contribution in [0.3, 0.4) is 0 Å². The Morgan fingerprint density at radius 2 is 2.29 bits per heavy atom. The molecule has 17 heavy (non-hydrogen) atoms. The first-order valence-corrected chi connectivity index (χ1v) is 6.83. The molecule has 0 unspecified atom stereocenters. The first kappa shape index (κ1) is 12.3. The van der Waals surface area contributed by atoms with E-state index in [0.717, 1.165) is 42.5 Å². The van der Waals surface area contributed by atoms with Gasteiger partial charge in [0.15, 0.2) is 11.7 Å². The SMILES string of the molecule is CCNCCCc1ncc(-c2ccc(C)s2)o1. The second-order valence-corrected chi connectivity index (χ2v) is 5.27. The van der Waals surface area contributed by atoms with E-state index in [-0.39, 0.29) is 0 Å². The largest absolute Gasteiger partial charge is 0.440 e. The van der Waals surface area contributed by atoms with Crippen LogP contribution in [-0.2, 0) is 6.42 Å². The molecule has 0 atom stereocenters. The Hall–Kier alpha value is -1.13. The minimum Gasteiger partial charge on any atom is -0.440 e. The van der Waals surface area contributed by atoms with Crippen molar-refractivity contribution in [2.75, 3.05) is 13.1 Å². The molecule has 0 spiro atoms. The minimum absolute atomic E-state index is 0.837.